The molecule has 3 N–H and O–H groups in total. The third-order valence-corrected chi connectivity index (χ3v) is 3.43. The van der Waals surface area contributed by atoms with Crippen LogP contribution in [0, 0.1) is 5.92 Å². The highest BCUT2D eigenvalue weighted by Crippen LogP contribution is 2.24. The number of nitrogens with zero attached hydrogens (tertiary/aromatic N) is 2. The molecule has 1 aliphatic rings. The quantitative estimate of drug-likeness (QED) is 0.756. The zero-order valence-electron chi connectivity index (χ0n) is 9.11. The molecule has 0 aromatic carbocycles. The van der Waals surface area contributed by atoms with Gasteiger partial charge in [0.2, 0.25) is 0 Å². The summed E-state index contributed by atoms with van der Waals surface area (Å²) in [5.41, 5.74) is 5.69. The fraction of sp³-hybridized carbons (Fsp3) is 0.600. The Morgan fingerprint density at radius 3 is 3.12 bits per heavy atom. The number of halogens is 1. The molecule has 1 aliphatic heterocycles. The van der Waals surface area contributed by atoms with Crippen molar-refractivity contribution in [2.45, 2.75) is 19.4 Å². The number of nitrogens with one attached hydrogen (secondary N) is 1. The van der Waals surface area contributed by atoms with E-state index in [4.69, 9.17) is 17.3 Å². The summed E-state index contributed by atoms with van der Waals surface area (Å²) in [4.78, 5) is 19.9. The van der Waals surface area contributed by atoms with Gasteiger partial charge in [-0.1, -0.05) is 18.5 Å². The van der Waals surface area contributed by atoms with Crippen molar-refractivity contribution in [1.82, 2.24) is 9.97 Å². The maximum Gasteiger partial charge on any atom is 0.271 e. The van der Waals surface area contributed by atoms with Crippen LogP contribution in [0.25, 0.3) is 0 Å². The van der Waals surface area contributed by atoms with E-state index in [9.17, 15) is 4.79 Å². The van der Waals surface area contributed by atoms with E-state index in [2.05, 4.69) is 16.9 Å². The van der Waals surface area contributed by atoms with Crippen LogP contribution in [0.3, 0.4) is 0 Å². The standard InChI is InChI=1S/C10H15ClN4O/c1-6-2-3-15(4-7(6)12)9-8(11)10(16)14-5-13-9/h5-7H,2-4,12H2,1H3,(H,13,14,16). The van der Waals surface area contributed by atoms with Crippen molar-refractivity contribution >= 4 is 17.4 Å². The third-order valence-electron chi connectivity index (χ3n) is 3.09. The van der Waals surface area contributed by atoms with Crippen molar-refractivity contribution < 1.29 is 0 Å². The van der Waals surface area contributed by atoms with E-state index in [1.807, 2.05) is 4.90 Å². The second kappa shape index (κ2) is 4.43. The number of hydrogen-bond donors (Lipinski definition) is 2. The van der Waals surface area contributed by atoms with Gasteiger partial charge in [0.25, 0.3) is 5.56 Å². The Kier molecular flexibility index (Phi) is 3.16. The average molecular weight is 243 g/mol. The predicted molar refractivity (Wildman–Crippen MR) is 63.8 cm³/mol. The summed E-state index contributed by atoms with van der Waals surface area (Å²) >= 11 is 5.92. The normalized spacial score (nSPS) is 25.8. The van der Waals surface area contributed by atoms with Crippen molar-refractivity contribution in [1.29, 1.82) is 0 Å². The van der Waals surface area contributed by atoms with Gasteiger partial charge in [-0.25, -0.2) is 4.98 Å². The molecule has 0 radical (unpaired) electrons. The van der Waals surface area contributed by atoms with E-state index in [0.717, 1.165) is 13.0 Å². The molecule has 0 aliphatic carbocycles. The van der Waals surface area contributed by atoms with Crippen molar-refractivity contribution in [2.75, 3.05) is 18.0 Å². The van der Waals surface area contributed by atoms with Crippen LogP contribution in [0.1, 0.15) is 13.3 Å². The number of rotatable bonds is 1. The van der Waals surface area contributed by atoms with Crippen LogP contribution in [0.5, 0.6) is 0 Å². The molecule has 1 aromatic rings. The highest BCUT2D eigenvalue weighted by atomic mass is 35.5. The minimum atomic E-state index is -0.307. The second-order valence-corrected chi connectivity index (χ2v) is 4.62. The molecule has 0 saturated carbocycles. The number of aromatic amines is 1. The van der Waals surface area contributed by atoms with Gasteiger partial charge in [0.05, 0.1) is 6.33 Å². The van der Waals surface area contributed by atoms with E-state index >= 15 is 0 Å². The van der Waals surface area contributed by atoms with E-state index < -0.39 is 0 Å². The molecule has 1 saturated heterocycles. The molecule has 5 nitrogen and oxygen atoms in total. The molecule has 2 heterocycles. The van der Waals surface area contributed by atoms with Gasteiger partial charge in [-0.15, -0.1) is 0 Å². The summed E-state index contributed by atoms with van der Waals surface area (Å²) in [5.74, 6) is 1.03. The van der Waals surface area contributed by atoms with Crippen LogP contribution in [-0.4, -0.2) is 29.1 Å². The molecule has 2 atom stereocenters. The van der Waals surface area contributed by atoms with Gasteiger partial charge in [0.15, 0.2) is 5.82 Å². The fourth-order valence-electron chi connectivity index (χ4n) is 1.89. The van der Waals surface area contributed by atoms with Crippen molar-refractivity contribution in [3.8, 4) is 0 Å². The number of anilines is 1. The molecule has 2 rings (SSSR count). The molecule has 0 amide bonds. The second-order valence-electron chi connectivity index (χ2n) is 4.25. The largest absolute Gasteiger partial charge is 0.354 e. The summed E-state index contributed by atoms with van der Waals surface area (Å²) < 4.78 is 0. The Balaban J connectivity index is 2.25. The van der Waals surface area contributed by atoms with Crippen molar-refractivity contribution in [3.63, 3.8) is 0 Å². The van der Waals surface area contributed by atoms with Crippen LogP contribution in [0.4, 0.5) is 5.82 Å². The molecule has 6 heteroatoms. The zero-order chi connectivity index (χ0) is 11.7. The lowest BCUT2D eigenvalue weighted by atomic mass is 9.94. The molecule has 88 valence electrons. The molecule has 0 spiro atoms. The maximum absolute atomic E-state index is 11.3. The monoisotopic (exact) mass is 242 g/mol. The number of piperidine rings is 1. The lowest BCUT2D eigenvalue weighted by Crippen LogP contribution is -2.48. The van der Waals surface area contributed by atoms with Gasteiger partial charge in [0.1, 0.15) is 5.02 Å². The SMILES string of the molecule is CC1CCN(c2nc[nH]c(=O)c2Cl)CC1N. The first kappa shape index (κ1) is 11.4. The van der Waals surface area contributed by atoms with Crippen LogP contribution in [0.2, 0.25) is 5.02 Å². The number of hydrogen-bond acceptors (Lipinski definition) is 4. The maximum atomic E-state index is 11.3. The Hall–Kier alpha value is -1.07. The van der Waals surface area contributed by atoms with Gasteiger partial charge in [-0.05, 0) is 12.3 Å². The Morgan fingerprint density at radius 2 is 2.44 bits per heavy atom. The molecule has 2 unspecified atom stereocenters. The van der Waals surface area contributed by atoms with Gasteiger partial charge >= 0.3 is 0 Å². The Morgan fingerprint density at radius 1 is 1.69 bits per heavy atom. The molecule has 1 aromatic heterocycles. The molecular formula is C10H15ClN4O. The molecule has 1 fully saturated rings. The lowest BCUT2D eigenvalue weighted by Gasteiger charge is -2.35. The first-order valence-electron chi connectivity index (χ1n) is 5.33. The van der Waals surface area contributed by atoms with Gasteiger partial charge in [-0.2, -0.15) is 0 Å². The highest BCUT2D eigenvalue weighted by Gasteiger charge is 2.25. The van der Waals surface area contributed by atoms with E-state index in [-0.39, 0.29) is 16.6 Å². The van der Waals surface area contributed by atoms with E-state index in [1.165, 1.54) is 6.33 Å². The highest BCUT2D eigenvalue weighted by molar-refractivity contribution is 6.32. The Labute approximate surface area is 98.6 Å². The number of aromatic nitrogens is 2. The summed E-state index contributed by atoms with van der Waals surface area (Å²) in [6.07, 6.45) is 2.36. The van der Waals surface area contributed by atoms with Crippen LogP contribution < -0.4 is 16.2 Å². The van der Waals surface area contributed by atoms with Crippen LogP contribution >= 0.6 is 11.6 Å². The minimum Gasteiger partial charge on any atom is -0.354 e. The van der Waals surface area contributed by atoms with Crippen molar-refractivity contribution in [2.24, 2.45) is 11.7 Å². The Bertz CT molecular complexity index is 433. The summed E-state index contributed by atoms with van der Waals surface area (Å²) in [6.45, 7) is 3.66. The molecule has 16 heavy (non-hydrogen) atoms. The molecular weight excluding hydrogens is 228 g/mol. The summed E-state index contributed by atoms with van der Waals surface area (Å²) in [6, 6.07) is 0.103. The topological polar surface area (TPSA) is 75.0 Å². The smallest absolute Gasteiger partial charge is 0.271 e. The number of nitrogens with two attached hydrogens (primary N) is 1. The summed E-state index contributed by atoms with van der Waals surface area (Å²) in [7, 11) is 0. The minimum absolute atomic E-state index is 0.103. The van der Waals surface area contributed by atoms with E-state index in [0.29, 0.717) is 18.3 Å². The first-order chi connectivity index (χ1) is 7.59. The molecule has 0 bridgehead atoms. The number of H-pyrrole nitrogens is 1. The third kappa shape index (κ3) is 2.05. The van der Waals surface area contributed by atoms with Gasteiger partial charge in [-0.3, -0.25) is 4.79 Å². The summed E-state index contributed by atoms with van der Waals surface area (Å²) in [5, 5.41) is 0.143. The lowest BCUT2D eigenvalue weighted by molar-refractivity contribution is 0.378. The van der Waals surface area contributed by atoms with Crippen LogP contribution in [-0.2, 0) is 0 Å². The van der Waals surface area contributed by atoms with Crippen LogP contribution in [0.15, 0.2) is 11.1 Å². The van der Waals surface area contributed by atoms with Gasteiger partial charge in [0, 0.05) is 19.1 Å². The van der Waals surface area contributed by atoms with Gasteiger partial charge < -0.3 is 15.6 Å². The first-order valence-corrected chi connectivity index (χ1v) is 5.71. The van der Waals surface area contributed by atoms with Crippen molar-refractivity contribution in [3.05, 3.63) is 21.7 Å². The van der Waals surface area contributed by atoms with E-state index in [1.54, 1.807) is 0 Å². The fourth-order valence-corrected chi connectivity index (χ4v) is 2.11. The predicted octanol–water partition coefficient (Wildman–Crippen LogP) is 0.597. The zero-order valence-corrected chi connectivity index (χ0v) is 9.87. The average Bonchev–Trinajstić information content (AvgIpc) is 2.26.